The number of hydrogen-bond donors (Lipinski definition) is 1. The lowest BCUT2D eigenvalue weighted by atomic mass is 9.96. The summed E-state index contributed by atoms with van der Waals surface area (Å²) in [4.78, 5) is 0. The minimum absolute atomic E-state index is 0.475. The zero-order chi connectivity index (χ0) is 13.9. The largest absolute Gasteiger partial charge is 0.385 e. The maximum atomic E-state index is 5.65. The predicted molar refractivity (Wildman–Crippen MR) is 82.7 cm³/mol. The molecule has 0 fully saturated rings. The number of methoxy groups -OCH3 is 1. The lowest BCUT2D eigenvalue weighted by Crippen LogP contribution is -2.19. The zero-order valence-electron chi connectivity index (χ0n) is 11.8. The molecule has 1 N–H and O–H groups in total. The normalized spacial score (nSPS) is 12.6. The molecule has 19 heavy (non-hydrogen) atoms. The predicted octanol–water partition coefficient (Wildman–Crippen LogP) is 3.20. The summed E-state index contributed by atoms with van der Waals surface area (Å²) >= 11 is 3.62. The molecule has 3 nitrogen and oxygen atoms in total. The quantitative estimate of drug-likeness (QED) is 0.669. The number of ether oxygens (including phenoxy) is 2. The molecule has 1 unspecified atom stereocenters. The molecule has 0 bridgehead atoms. The summed E-state index contributed by atoms with van der Waals surface area (Å²) in [7, 11) is 3.71. The van der Waals surface area contributed by atoms with Crippen molar-refractivity contribution in [1.82, 2.24) is 5.32 Å². The van der Waals surface area contributed by atoms with Crippen LogP contribution in [0.5, 0.6) is 0 Å². The second-order valence-electron chi connectivity index (χ2n) is 4.52. The minimum atomic E-state index is 0.475. The van der Waals surface area contributed by atoms with Gasteiger partial charge in [-0.1, -0.05) is 34.1 Å². The standard InChI is InChI=1S/C15H24BrNO2/c1-17-12-13(8-11-19-10-5-9-18-2)14-6-3-4-7-15(14)16/h3-4,6-7,13,17H,5,8-12H2,1-2H3. The van der Waals surface area contributed by atoms with Gasteiger partial charge in [0.05, 0.1) is 0 Å². The summed E-state index contributed by atoms with van der Waals surface area (Å²) in [5.41, 5.74) is 1.34. The van der Waals surface area contributed by atoms with E-state index in [1.807, 2.05) is 13.1 Å². The van der Waals surface area contributed by atoms with Gasteiger partial charge in [-0.3, -0.25) is 0 Å². The first-order valence-corrected chi connectivity index (χ1v) is 7.54. The Labute approximate surface area is 124 Å². The molecule has 0 radical (unpaired) electrons. The third kappa shape index (κ3) is 6.52. The molecule has 0 saturated heterocycles. The fourth-order valence-electron chi connectivity index (χ4n) is 2.05. The number of likely N-dealkylation sites (N-methyl/N-ethyl adjacent to an activating group) is 1. The minimum Gasteiger partial charge on any atom is -0.385 e. The first-order chi connectivity index (χ1) is 9.29. The number of halogens is 1. The van der Waals surface area contributed by atoms with Crippen molar-refractivity contribution in [2.24, 2.45) is 0 Å². The molecule has 1 rings (SSSR count). The topological polar surface area (TPSA) is 30.5 Å². The Balaban J connectivity index is 2.39. The lowest BCUT2D eigenvalue weighted by molar-refractivity contribution is 0.0981. The second kappa shape index (κ2) is 10.4. The fourth-order valence-corrected chi connectivity index (χ4v) is 2.66. The van der Waals surface area contributed by atoms with E-state index in [0.29, 0.717) is 5.92 Å². The van der Waals surface area contributed by atoms with Gasteiger partial charge in [-0.05, 0) is 37.4 Å². The van der Waals surface area contributed by atoms with Crippen LogP contribution >= 0.6 is 15.9 Å². The molecular weight excluding hydrogens is 306 g/mol. The van der Waals surface area contributed by atoms with Crippen molar-refractivity contribution >= 4 is 15.9 Å². The molecule has 0 aliphatic heterocycles. The van der Waals surface area contributed by atoms with E-state index < -0.39 is 0 Å². The Morgan fingerprint density at radius 2 is 2.00 bits per heavy atom. The Morgan fingerprint density at radius 1 is 1.21 bits per heavy atom. The van der Waals surface area contributed by atoms with Gasteiger partial charge in [-0.15, -0.1) is 0 Å². The van der Waals surface area contributed by atoms with Crippen LogP contribution in [0.3, 0.4) is 0 Å². The smallest absolute Gasteiger partial charge is 0.0487 e. The SMILES string of the molecule is CNCC(CCOCCCOC)c1ccccc1Br. The Bertz CT molecular complexity index is 347. The van der Waals surface area contributed by atoms with Crippen LogP contribution in [0, 0.1) is 0 Å². The summed E-state index contributed by atoms with van der Waals surface area (Å²) in [5.74, 6) is 0.475. The highest BCUT2D eigenvalue weighted by molar-refractivity contribution is 9.10. The second-order valence-corrected chi connectivity index (χ2v) is 5.38. The number of hydrogen-bond acceptors (Lipinski definition) is 3. The van der Waals surface area contributed by atoms with Crippen LogP contribution in [0.25, 0.3) is 0 Å². The number of rotatable bonds is 10. The van der Waals surface area contributed by atoms with Gasteiger partial charge < -0.3 is 14.8 Å². The maximum absolute atomic E-state index is 5.65. The summed E-state index contributed by atoms with van der Waals surface area (Å²) in [5, 5.41) is 3.26. The average molecular weight is 330 g/mol. The fraction of sp³-hybridized carbons (Fsp3) is 0.600. The molecule has 4 heteroatoms. The van der Waals surface area contributed by atoms with Crippen molar-refractivity contribution in [1.29, 1.82) is 0 Å². The third-order valence-corrected chi connectivity index (χ3v) is 3.77. The van der Waals surface area contributed by atoms with Crippen LogP contribution in [0.15, 0.2) is 28.7 Å². The van der Waals surface area contributed by atoms with Gasteiger partial charge in [-0.2, -0.15) is 0 Å². The van der Waals surface area contributed by atoms with Gasteiger partial charge in [0.2, 0.25) is 0 Å². The molecule has 0 spiro atoms. The molecular formula is C15H24BrNO2. The first kappa shape index (κ1) is 16.6. The van der Waals surface area contributed by atoms with Gasteiger partial charge >= 0.3 is 0 Å². The van der Waals surface area contributed by atoms with Crippen molar-refractivity contribution in [2.75, 3.05) is 40.5 Å². The highest BCUT2D eigenvalue weighted by atomic mass is 79.9. The van der Waals surface area contributed by atoms with E-state index >= 15 is 0 Å². The van der Waals surface area contributed by atoms with Crippen LogP contribution in [0.4, 0.5) is 0 Å². The summed E-state index contributed by atoms with van der Waals surface area (Å²) in [6.07, 6.45) is 1.98. The molecule has 0 aromatic heterocycles. The third-order valence-electron chi connectivity index (χ3n) is 3.04. The van der Waals surface area contributed by atoms with Crippen molar-refractivity contribution in [3.05, 3.63) is 34.3 Å². The molecule has 0 aliphatic carbocycles. The van der Waals surface area contributed by atoms with Crippen LogP contribution < -0.4 is 5.32 Å². The van der Waals surface area contributed by atoms with E-state index in [0.717, 1.165) is 39.2 Å². The van der Waals surface area contributed by atoms with Crippen LogP contribution in [0.2, 0.25) is 0 Å². The summed E-state index contributed by atoms with van der Waals surface area (Å²) < 4.78 is 11.8. The van der Waals surface area contributed by atoms with E-state index in [1.165, 1.54) is 10.0 Å². The lowest BCUT2D eigenvalue weighted by Gasteiger charge is -2.18. The van der Waals surface area contributed by atoms with Gasteiger partial charge in [0.1, 0.15) is 0 Å². The monoisotopic (exact) mass is 329 g/mol. The maximum Gasteiger partial charge on any atom is 0.0487 e. The molecule has 0 aliphatic rings. The summed E-state index contributed by atoms with van der Waals surface area (Å²) in [6, 6.07) is 8.40. The molecule has 0 saturated carbocycles. The van der Waals surface area contributed by atoms with Gasteiger partial charge in [-0.25, -0.2) is 0 Å². The Kier molecular flexibility index (Phi) is 9.08. The summed E-state index contributed by atoms with van der Waals surface area (Å²) in [6.45, 7) is 3.29. The number of benzene rings is 1. The Morgan fingerprint density at radius 3 is 2.68 bits per heavy atom. The van der Waals surface area contributed by atoms with Gasteiger partial charge in [0.25, 0.3) is 0 Å². The molecule has 0 heterocycles. The van der Waals surface area contributed by atoms with Crippen molar-refractivity contribution < 1.29 is 9.47 Å². The first-order valence-electron chi connectivity index (χ1n) is 6.75. The van der Waals surface area contributed by atoms with Crippen LogP contribution in [-0.2, 0) is 9.47 Å². The van der Waals surface area contributed by atoms with E-state index in [1.54, 1.807) is 7.11 Å². The zero-order valence-corrected chi connectivity index (χ0v) is 13.4. The van der Waals surface area contributed by atoms with Crippen LogP contribution in [0.1, 0.15) is 24.3 Å². The van der Waals surface area contributed by atoms with Crippen LogP contribution in [-0.4, -0.2) is 40.5 Å². The molecule has 1 atom stereocenters. The molecule has 1 aromatic rings. The van der Waals surface area contributed by atoms with Crippen molar-refractivity contribution in [3.63, 3.8) is 0 Å². The van der Waals surface area contributed by atoms with Gasteiger partial charge in [0.15, 0.2) is 0 Å². The van der Waals surface area contributed by atoms with E-state index in [9.17, 15) is 0 Å². The van der Waals surface area contributed by atoms with E-state index in [2.05, 4.69) is 39.4 Å². The highest BCUT2D eigenvalue weighted by Crippen LogP contribution is 2.26. The molecule has 1 aromatic carbocycles. The van der Waals surface area contributed by atoms with Crippen molar-refractivity contribution in [2.45, 2.75) is 18.8 Å². The molecule has 0 amide bonds. The highest BCUT2D eigenvalue weighted by Gasteiger charge is 2.13. The van der Waals surface area contributed by atoms with E-state index in [-0.39, 0.29) is 0 Å². The van der Waals surface area contributed by atoms with E-state index in [4.69, 9.17) is 9.47 Å². The van der Waals surface area contributed by atoms with Crippen molar-refractivity contribution in [3.8, 4) is 0 Å². The van der Waals surface area contributed by atoms with Gasteiger partial charge in [0, 0.05) is 37.9 Å². The number of nitrogens with one attached hydrogen (secondary N) is 1. The molecule has 108 valence electrons. The Hall–Kier alpha value is -0.420. The average Bonchev–Trinajstić information content (AvgIpc) is 2.42.